The molecule has 0 aliphatic heterocycles. The summed E-state index contributed by atoms with van der Waals surface area (Å²) in [5.74, 6) is 0.725. The summed E-state index contributed by atoms with van der Waals surface area (Å²) < 4.78 is 5.70. The fourth-order valence-electron chi connectivity index (χ4n) is 2.59. The molecule has 0 bridgehead atoms. The molecule has 0 atom stereocenters. The molecule has 1 N–H and O–H groups in total. The summed E-state index contributed by atoms with van der Waals surface area (Å²) >= 11 is 0. The van der Waals surface area contributed by atoms with E-state index in [9.17, 15) is 10.1 Å². The minimum absolute atomic E-state index is 0.00416. The highest BCUT2D eigenvalue weighted by Crippen LogP contribution is 2.35. The number of hydrogen-bond donors (Lipinski definition) is 1. The van der Waals surface area contributed by atoms with Crippen LogP contribution >= 0.6 is 0 Å². The van der Waals surface area contributed by atoms with Gasteiger partial charge in [0.25, 0.3) is 0 Å². The number of pyridine rings is 1. The standard InChI is InChI=1S/C19H13N5O3/c25-24(26)17-18(23-16-7-3-4-10-20-16)21-12-22-19(17)27-15-9-8-13-5-1-2-6-14(13)11-15/h1-12H,(H,20,21,22,23). The van der Waals surface area contributed by atoms with Gasteiger partial charge in [-0.1, -0.05) is 36.4 Å². The molecule has 0 saturated heterocycles. The van der Waals surface area contributed by atoms with E-state index in [0.29, 0.717) is 11.6 Å². The summed E-state index contributed by atoms with van der Waals surface area (Å²) in [4.78, 5) is 23.0. The summed E-state index contributed by atoms with van der Waals surface area (Å²) in [6.07, 6.45) is 2.77. The average Bonchev–Trinajstić information content (AvgIpc) is 2.68. The number of hydrogen-bond acceptors (Lipinski definition) is 7. The van der Waals surface area contributed by atoms with Crippen molar-refractivity contribution < 1.29 is 9.66 Å². The third kappa shape index (κ3) is 3.49. The Hall–Kier alpha value is -4.07. The molecule has 27 heavy (non-hydrogen) atoms. The van der Waals surface area contributed by atoms with Gasteiger partial charge in [0.15, 0.2) is 0 Å². The molecule has 0 spiro atoms. The number of aromatic nitrogens is 3. The Balaban J connectivity index is 1.71. The lowest BCUT2D eigenvalue weighted by Gasteiger charge is -2.09. The SMILES string of the molecule is O=[N+]([O-])c1c(Nc2ccccn2)ncnc1Oc1ccc2ccccc2c1. The van der Waals surface area contributed by atoms with E-state index in [2.05, 4.69) is 20.3 Å². The molecule has 0 aliphatic rings. The lowest BCUT2D eigenvalue weighted by molar-refractivity contribution is -0.385. The van der Waals surface area contributed by atoms with Crippen LogP contribution in [0.25, 0.3) is 10.8 Å². The fourth-order valence-corrected chi connectivity index (χ4v) is 2.59. The molecule has 0 saturated carbocycles. The van der Waals surface area contributed by atoms with Crippen LogP contribution in [0.1, 0.15) is 0 Å². The summed E-state index contributed by atoms with van der Waals surface area (Å²) in [5.41, 5.74) is -0.365. The van der Waals surface area contributed by atoms with Crippen LogP contribution < -0.4 is 10.1 Å². The molecule has 2 heterocycles. The number of benzene rings is 2. The van der Waals surface area contributed by atoms with Gasteiger partial charge in [-0.25, -0.2) is 9.97 Å². The van der Waals surface area contributed by atoms with E-state index in [-0.39, 0.29) is 17.4 Å². The van der Waals surface area contributed by atoms with E-state index < -0.39 is 4.92 Å². The van der Waals surface area contributed by atoms with Crippen LogP contribution in [0.2, 0.25) is 0 Å². The van der Waals surface area contributed by atoms with Crippen molar-refractivity contribution in [2.45, 2.75) is 0 Å². The number of rotatable bonds is 5. The van der Waals surface area contributed by atoms with Gasteiger partial charge in [0.2, 0.25) is 5.82 Å². The van der Waals surface area contributed by atoms with Gasteiger partial charge >= 0.3 is 11.6 Å². The van der Waals surface area contributed by atoms with E-state index in [4.69, 9.17) is 4.74 Å². The normalized spacial score (nSPS) is 10.5. The summed E-state index contributed by atoms with van der Waals surface area (Å²) in [7, 11) is 0. The van der Waals surface area contributed by atoms with Crippen LogP contribution in [0.15, 0.2) is 73.2 Å². The minimum atomic E-state index is -0.582. The number of nitro groups is 1. The second-order valence-corrected chi connectivity index (χ2v) is 5.58. The van der Waals surface area contributed by atoms with Crippen molar-refractivity contribution in [3.8, 4) is 11.6 Å². The Morgan fingerprint density at radius 3 is 2.52 bits per heavy atom. The molecule has 0 aliphatic carbocycles. The maximum absolute atomic E-state index is 11.6. The average molecular weight is 359 g/mol. The van der Waals surface area contributed by atoms with Gasteiger partial charge < -0.3 is 10.1 Å². The second kappa shape index (κ2) is 7.04. The van der Waals surface area contributed by atoms with Gasteiger partial charge in [-0.05, 0) is 35.0 Å². The van der Waals surface area contributed by atoms with Gasteiger partial charge in [-0.15, -0.1) is 0 Å². The molecular weight excluding hydrogens is 346 g/mol. The van der Waals surface area contributed by atoms with Crippen molar-refractivity contribution in [3.05, 3.63) is 83.3 Å². The van der Waals surface area contributed by atoms with Crippen molar-refractivity contribution in [1.29, 1.82) is 0 Å². The Kier molecular flexibility index (Phi) is 4.28. The predicted octanol–water partition coefficient (Wildman–Crippen LogP) is 4.47. The first-order valence-corrected chi connectivity index (χ1v) is 8.05. The highest BCUT2D eigenvalue weighted by Gasteiger charge is 2.25. The number of anilines is 2. The van der Waals surface area contributed by atoms with Crippen LogP contribution in [-0.4, -0.2) is 19.9 Å². The molecule has 8 nitrogen and oxygen atoms in total. The largest absolute Gasteiger partial charge is 0.434 e. The third-order valence-corrected chi connectivity index (χ3v) is 3.82. The number of nitrogens with one attached hydrogen (secondary N) is 1. The quantitative estimate of drug-likeness (QED) is 0.414. The molecule has 4 rings (SSSR count). The topological polar surface area (TPSA) is 103 Å². The molecule has 0 unspecified atom stereocenters. The smallest absolute Gasteiger partial charge is 0.373 e. The lowest BCUT2D eigenvalue weighted by Crippen LogP contribution is -2.04. The monoisotopic (exact) mass is 359 g/mol. The van der Waals surface area contributed by atoms with E-state index >= 15 is 0 Å². The Morgan fingerprint density at radius 2 is 1.74 bits per heavy atom. The van der Waals surface area contributed by atoms with E-state index in [1.807, 2.05) is 30.3 Å². The van der Waals surface area contributed by atoms with E-state index in [1.165, 1.54) is 6.33 Å². The van der Waals surface area contributed by atoms with Crippen LogP contribution in [0.3, 0.4) is 0 Å². The molecule has 4 aromatic rings. The minimum Gasteiger partial charge on any atom is -0.434 e. The number of nitrogens with zero attached hydrogens (tertiary/aromatic N) is 4. The first-order chi connectivity index (χ1) is 13.2. The molecule has 2 aromatic carbocycles. The van der Waals surface area contributed by atoms with E-state index in [0.717, 1.165) is 10.8 Å². The molecule has 0 radical (unpaired) electrons. The highest BCUT2D eigenvalue weighted by molar-refractivity contribution is 5.83. The molecule has 8 heteroatoms. The van der Waals surface area contributed by atoms with Crippen molar-refractivity contribution >= 4 is 28.1 Å². The first kappa shape index (κ1) is 16.4. The second-order valence-electron chi connectivity index (χ2n) is 5.58. The van der Waals surface area contributed by atoms with Crippen LogP contribution in [0, 0.1) is 10.1 Å². The molecule has 0 fully saturated rings. The molecule has 2 aromatic heterocycles. The van der Waals surface area contributed by atoms with Crippen molar-refractivity contribution in [2.24, 2.45) is 0 Å². The zero-order chi connectivity index (χ0) is 18.6. The van der Waals surface area contributed by atoms with Gasteiger partial charge in [-0.3, -0.25) is 10.1 Å². The summed E-state index contributed by atoms with van der Waals surface area (Å²) in [6.45, 7) is 0. The Bertz CT molecular complexity index is 1120. The first-order valence-electron chi connectivity index (χ1n) is 8.05. The maximum Gasteiger partial charge on any atom is 0.373 e. The van der Waals surface area contributed by atoms with Crippen molar-refractivity contribution in [3.63, 3.8) is 0 Å². The number of ether oxygens (including phenoxy) is 1. The van der Waals surface area contributed by atoms with Crippen LogP contribution in [0.4, 0.5) is 17.3 Å². The van der Waals surface area contributed by atoms with Crippen LogP contribution in [-0.2, 0) is 0 Å². The maximum atomic E-state index is 11.6. The van der Waals surface area contributed by atoms with Gasteiger partial charge in [0.1, 0.15) is 17.9 Å². The van der Waals surface area contributed by atoms with Gasteiger partial charge in [0.05, 0.1) is 4.92 Å². The number of fused-ring (bicyclic) bond motifs is 1. The van der Waals surface area contributed by atoms with E-state index in [1.54, 1.807) is 36.5 Å². The van der Waals surface area contributed by atoms with Crippen molar-refractivity contribution in [1.82, 2.24) is 15.0 Å². The summed E-state index contributed by atoms with van der Waals surface area (Å²) in [6, 6.07) is 18.4. The molecule has 0 amide bonds. The predicted molar refractivity (Wildman–Crippen MR) is 100 cm³/mol. The Labute approximate surface area is 153 Å². The summed E-state index contributed by atoms with van der Waals surface area (Å²) in [5, 5.41) is 16.4. The molecular formula is C19H13N5O3. The Morgan fingerprint density at radius 1 is 0.926 bits per heavy atom. The fraction of sp³-hybridized carbons (Fsp3) is 0. The highest BCUT2D eigenvalue weighted by atomic mass is 16.6. The lowest BCUT2D eigenvalue weighted by atomic mass is 10.1. The van der Waals surface area contributed by atoms with Crippen molar-refractivity contribution in [2.75, 3.05) is 5.32 Å². The zero-order valence-electron chi connectivity index (χ0n) is 13.9. The molecule has 132 valence electrons. The third-order valence-electron chi connectivity index (χ3n) is 3.82. The van der Waals surface area contributed by atoms with Gasteiger partial charge in [0, 0.05) is 6.20 Å². The zero-order valence-corrected chi connectivity index (χ0v) is 13.9. The van der Waals surface area contributed by atoms with Gasteiger partial charge in [-0.2, -0.15) is 4.98 Å². The van der Waals surface area contributed by atoms with Crippen LogP contribution in [0.5, 0.6) is 11.6 Å².